The molecule has 0 aliphatic carbocycles. The fraction of sp³-hybridized carbons (Fsp3) is 0.304. The van der Waals surface area contributed by atoms with E-state index in [0.717, 1.165) is 17.7 Å². The molecule has 1 heterocycles. The van der Waals surface area contributed by atoms with Gasteiger partial charge < -0.3 is 15.7 Å². The zero-order valence-electron chi connectivity index (χ0n) is 17.5. The van der Waals surface area contributed by atoms with Crippen LogP contribution in [0.4, 0.5) is 30.6 Å². The maximum atomic E-state index is 13.2. The van der Waals surface area contributed by atoms with Gasteiger partial charge in [0.25, 0.3) is 0 Å². The largest absolute Gasteiger partial charge is 0.416 e. The van der Waals surface area contributed by atoms with Crippen molar-refractivity contribution in [1.82, 2.24) is 9.97 Å². The fourth-order valence-corrected chi connectivity index (χ4v) is 2.99. The van der Waals surface area contributed by atoms with Crippen molar-refractivity contribution < 1.29 is 18.3 Å². The fourth-order valence-electron chi connectivity index (χ4n) is 2.99. The Hall–Kier alpha value is -3.13. The Morgan fingerprint density at radius 2 is 1.71 bits per heavy atom. The van der Waals surface area contributed by atoms with Crippen LogP contribution in [-0.4, -0.2) is 27.7 Å². The average Bonchev–Trinajstić information content (AvgIpc) is 2.73. The van der Waals surface area contributed by atoms with E-state index in [1.54, 1.807) is 13.0 Å². The molecule has 0 aliphatic heterocycles. The lowest BCUT2D eigenvalue weighted by atomic mass is 10.1. The van der Waals surface area contributed by atoms with Crippen molar-refractivity contribution in [3.05, 3.63) is 65.7 Å². The van der Waals surface area contributed by atoms with Crippen LogP contribution >= 0.6 is 0 Å². The van der Waals surface area contributed by atoms with E-state index in [-0.39, 0.29) is 24.5 Å². The average molecular weight is 430 g/mol. The molecule has 8 heteroatoms. The standard InChI is InChI=1S/C23H25F3N4O/c1-14(2)20(13-31)29-22-28-19(16-7-5-4-6-8-16)12-21(30-22)27-18-11-17(23(24,25)26)10-9-15(18)3/h4-12,14,20,31H,13H2,1-3H3,(H2,27,28,29,30)/t20-/m0/s1. The highest BCUT2D eigenvalue weighted by atomic mass is 19.4. The number of nitrogens with zero attached hydrogens (tertiary/aromatic N) is 2. The SMILES string of the molecule is Cc1ccc(C(F)(F)F)cc1Nc1cc(-c2ccccc2)nc(N[C@@H](CO)C(C)C)n1. The smallest absolute Gasteiger partial charge is 0.394 e. The molecule has 0 aliphatic rings. The van der Waals surface area contributed by atoms with Crippen LogP contribution in [-0.2, 0) is 6.18 Å². The zero-order valence-corrected chi connectivity index (χ0v) is 17.5. The highest BCUT2D eigenvalue weighted by Gasteiger charge is 2.30. The van der Waals surface area contributed by atoms with E-state index < -0.39 is 11.7 Å². The Morgan fingerprint density at radius 1 is 1.00 bits per heavy atom. The van der Waals surface area contributed by atoms with E-state index in [9.17, 15) is 18.3 Å². The maximum absolute atomic E-state index is 13.2. The Balaban J connectivity index is 2.02. The van der Waals surface area contributed by atoms with Gasteiger partial charge in [-0.1, -0.05) is 50.2 Å². The van der Waals surface area contributed by atoms with Gasteiger partial charge in [-0.15, -0.1) is 0 Å². The van der Waals surface area contributed by atoms with E-state index in [0.29, 0.717) is 22.8 Å². The molecule has 5 nitrogen and oxygen atoms in total. The highest BCUT2D eigenvalue weighted by molar-refractivity contribution is 5.69. The van der Waals surface area contributed by atoms with Gasteiger partial charge in [-0.05, 0) is 30.5 Å². The number of nitrogens with one attached hydrogen (secondary N) is 2. The first kappa shape index (κ1) is 22.6. The first-order valence-corrected chi connectivity index (χ1v) is 9.94. The monoisotopic (exact) mass is 430 g/mol. The lowest BCUT2D eigenvalue weighted by Gasteiger charge is -2.21. The Morgan fingerprint density at radius 3 is 2.32 bits per heavy atom. The van der Waals surface area contributed by atoms with Crippen LogP contribution in [0.25, 0.3) is 11.3 Å². The van der Waals surface area contributed by atoms with Gasteiger partial charge in [0.1, 0.15) is 5.82 Å². The minimum absolute atomic E-state index is 0.105. The predicted molar refractivity (Wildman–Crippen MR) is 116 cm³/mol. The van der Waals surface area contributed by atoms with Gasteiger partial charge in [-0.2, -0.15) is 18.2 Å². The zero-order chi connectivity index (χ0) is 22.6. The number of anilines is 3. The number of hydrogen-bond acceptors (Lipinski definition) is 5. The van der Waals surface area contributed by atoms with E-state index >= 15 is 0 Å². The van der Waals surface area contributed by atoms with Crippen molar-refractivity contribution in [1.29, 1.82) is 0 Å². The van der Waals surface area contributed by atoms with Crippen LogP contribution in [0.1, 0.15) is 25.0 Å². The molecule has 2 aromatic carbocycles. The number of aliphatic hydroxyl groups is 1. The van der Waals surface area contributed by atoms with Crippen molar-refractivity contribution >= 4 is 17.5 Å². The summed E-state index contributed by atoms with van der Waals surface area (Å²) in [5, 5.41) is 15.8. The minimum Gasteiger partial charge on any atom is -0.394 e. The number of aliphatic hydroxyl groups excluding tert-OH is 1. The number of aryl methyl sites for hydroxylation is 1. The van der Waals surface area contributed by atoms with Crippen molar-refractivity contribution in [3.63, 3.8) is 0 Å². The predicted octanol–water partition coefficient (Wildman–Crippen LogP) is 5.64. The van der Waals surface area contributed by atoms with Crippen LogP contribution in [0.15, 0.2) is 54.6 Å². The minimum atomic E-state index is -4.44. The number of hydrogen-bond donors (Lipinski definition) is 3. The molecule has 0 fully saturated rings. The molecule has 0 saturated heterocycles. The number of alkyl halides is 3. The van der Waals surface area contributed by atoms with Crippen molar-refractivity contribution in [3.8, 4) is 11.3 Å². The third kappa shape index (κ3) is 5.73. The Labute approximate surface area is 179 Å². The molecular weight excluding hydrogens is 405 g/mol. The lowest BCUT2D eigenvalue weighted by Crippen LogP contribution is -2.30. The Bertz CT molecular complexity index is 1020. The lowest BCUT2D eigenvalue weighted by molar-refractivity contribution is -0.137. The maximum Gasteiger partial charge on any atom is 0.416 e. The van der Waals surface area contributed by atoms with E-state index in [2.05, 4.69) is 20.6 Å². The van der Waals surface area contributed by atoms with Gasteiger partial charge in [0.15, 0.2) is 0 Å². The summed E-state index contributed by atoms with van der Waals surface area (Å²) in [5.41, 5.74) is 1.66. The first-order valence-electron chi connectivity index (χ1n) is 9.94. The second-order valence-corrected chi connectivity index (χ2v) is 7.66. The van der Waals surface area contributed by atoms with Crippen molar-refractivity contribution in [2.75, 3.05) is 17.2 Å². The third-order valence-electron chi connectivity index (χ3n) is 4.94. The molecule has 0 unspecified atom stereocenters. The van der Waals surface area contributed by atoms with Gasteiger partial charge >= 0.3 is 6.18 Å². The second-order valence-electron chi connectivity index (χ2n) is 7.66. The molecule has 0 amide bonds. The quantitative estimate of drug-likeness (QED) is 0.452. The molecule has 0 bridgehead atoms. The van der Waals surface area contributed by atoms with Crippen molar-refractivity contribution in [2.45, 2.75) is 33.0 Å². The third-order valence-corrected chi connectivity index (χ3v) is 4.94. The molecule has 0 radical (unpaired) electrons. The highest BCUT2D eigenvalue weighted by Crippen LogP contribution is 2.33. The van der Waals surface area contributed by atoms with Crippen molar-refractivity contribution in [2.24, 2.45) is 5.92 Å². The molecule has 0 spiro atoms. The van der Waals surface area contributed by atoms with Gasteiger partial charge in [-0.25, -0.2) is 4.98 Å². The number of benzene rings is 2. The summed E-state index contributed by atoms with van der Waals surface area (Å²) in [7, 11) is 0. The topological polar surface area (TPSA) is 70.1 Å². The summed E-state index contributed by atoms with van der Waals surface area (Å²) in [4.78, 5) is 8.97. The number of aromatic nitrogens is 2. The molecule has 164 valence electrons. The summed E-state index contributed by atoms with van der Waals surface area (Å²) in [6, 6.07) is 14.4. The summed E-state index contributed by atoms with van der Waals surface area (Å²) in [5.74, 6) is 0.747. The Kier molecular flexibility index (Phi) is 6.80. The summed E-state index contributed by atoms with van der Waals surface area (Å²) in [6.07, 6.45) is -4.44. The molecule has 1 aromatic heterocycles. The van der Waals surface area contributed by atoms with Gasteiger partial charge in [0.05, 0.1) is 23.9 Å². The first-order chi connectivity index (χ1) is 14.7. The molecular formula is C23H25F3N4O. The molecule has 3 rings (SSSR count). The van der Waals surface area contributed by atoms with Crippen LogP contribution in [0, 0.1) is 12.8 Å². The van der Waals surface area contributed by atoms with Crippen LogP contribution in [0.3, 0.4) is 0 Å². The molecule has 31 heavy (non-hydrogen) atoms. The number of halogens is 3. The van der Waals surface area contributed by atoms with Crippen LogP contribution in [0.2, 0.25) is 0 Å². The van der Waals surface area contributed by atoms with E-state index in [1.165, 1.54) is 6.07 Å². The molecule has 1 atom stereocenters. The van der Waals surface area contributed by atoms with Crippen LogP contribution in [0.5, 0.6) is 0 Å². The van der Waals surface area contributed by atoms with Crippen LogP contribution < -0.4 is 10.6 Å². The van der Waals surface area contributed by atoms with Gasteiger partial charge in [0, 0.05) is 17.3 Å². The second kappa shape index (κ2) is 9.34. The summed E-state index contributed by atoms with van der Waals surface area (Å²) in [6.45, 7) is 5.54. The normalized spacial score (nSPS) is 12.6. The summed E-state index contributed by atoms with van der Waals surface area (Å²) < 4.78 is 39.5. The molecule has 3 N–H and O–H groups in total. The number of rotatable bonds is 7. The molecule has 0 saturated carbocycles. The van der Waals surface area contributed by atoms with Gasteiger partial charge in [-0.3, -0.25) is 0 Å². The van der Waals surface area contributed by atoms with E-state index in [4.69, 9.17) is 0 Å². The summed E-state index contributed by atoms with van der Waals surface area (Å²) >= 11 is 0. The molecule has 3 aromatic rings. The van der Waals surface area contributed by atoms with E-state index in [1.807, 2.05) is 44.2 Å². The van der Waals surface area contributed by atoms with Gasteiger partial charge in [0.2, 0.25) is 5.95 Å².